The van der Waals surface area contributed by atoms with Crippen molar-refractivity contribution in [3.63, 3.8) is 0 Å². The van der Waals surface area contributed by atoms with E-state index in [1.54, 1.807) is 18.3 Å². The Balaban J connectivity index is 2.50. The second kappa shape index (κ2) is 5.42. The minimum atomic E-state index is -0.431. The summed E-state index contributed by atoms with van der Waals surface area (Å²) < 4.78 is 1.52. The maximum atomic E-state index is 12.3. The van der Waals surface area contributed by atoms with E-state index in [1.165, 1.54) is 4.57 Å². The average molecular weight is 317 g/mol. The van der Waals surface area contributed by atoms with Crippen molar-refractivity contribution in [2.24, 2.45) is 0 Å². The van der Waals surface area contributed by atoms with Gasteiger partial charge in [-0.2, -0.15) is 4.57 Å². The Hall–Kier alpha value is -2.40. The van der Waals surface area contributed by atoms with Crippen molar-refractivity contribution >= 4 is 22.6 Å². The molecular weight excluding hydrogens is 302 g/mol. The molecule has 2 N–H and O–H groups in total. The number of nitrogens with one attached hydrogen (secondary N) is 2. The van der Waals surface area contributed by atoms with Gasteiger partial charge in [0.05, 0.1) is 6.20 Å². The van der Waals surface area contributed by atoms with E-state index in [2.05, 4.69) is 9.97 Å². The molecule has 0 bridgehead atoms. The molecule has 0 spiro atoms. The van der Waals surface area contributed by atoms with Crippen LogP contribution in [0.25, 0.3) is 22.2 Å². The van der Waals surface area contributed by atoms with E-state index >= 15 is 0 Å². The van der Waals surface area contributed by atoms with Gasteiger partial charge in [0.15, 0.2) is 0 Å². The van der Waals surface area contributed by atoms with Gasteiger partial charge in [-0.1, -0.05) is 29.8 Å². The SMILES string of the molecule is CC(C)n1c(=O)[nH]c(=O)c2c(-c3ccccc3Cl)cc[nH+]c21. The first kappa shape index (κ1) is 14.5. The fourth-order valence-electron chi connectivity index (χ4n) is 2.63. The summed E-state index contributed by atoms with van der Waals surface area (Å²) in [6, 6.07) is 9.00. The zero-order valence-corrected chi connectivity index (χ0v) is 12.9. The van der Waals surface area contributed by atoms with Gasteiger partial charge in [0.2, 0.25) is 0 Å². The van der Waals surface area contributed by atoms with E-state index in [-0.39, 0.29) is 6.04 Å². The van der Waals surface area contributed by atoms with Crippen LogP contribution in [0.15, 0.2) is 46.1 Å². The molecule has 0 saturated heterocycles. The summed E-state index contributed by atoms with van der Waals surface area (Å²) in [6.45, 7) is 3.77. The number of aromatic amines is 2. The zero-order chi connectivity index (χ0) is 15.9. The Bertz CT molecular complexity index is 973. The van der Waals surface area contributed by atoms with Gasteiger partial charge in [-0.25, -0.2) is 9.78 Å². The number of nitrogens with zero attached hydrogens (tertiary/aromatic N) is 1. The minimum Gasteiger partial charge on any atom is -0.268 e. The van der Waals surface area contributed by atoms with Crippen molar-refractivity contribution in [3.8, 4) is 11.1 Å². The summed E-state index contributed by atoms with van der Waals surface area (Å²) in [5.41, 5.74) is 1.07. The van der Waals surface area contributed by atoms with E-state index in [0.717, 1.165) is 5.56 Å². The lowest BCUT2D eigenvalue weighted by Crippen LogP contribution is -2.34. The van der Waals surface area contributed by atoms with E-state index in [9.17, 15) is 9.59 Å². The monoisotopic (exact) mass is 316 g/mol. The van der Waals surface area contributed by atoms with Crippen molar-refractivity contribution < 1.29 is 4.98 Å². The Labute approximate surface area is 131 Å². The molecular formula is C16H15ClN3O2+. The second-order valence-electron chi connectivity index (χ2n) is 5.32. The normalized spacial score (nSPS) is 11.3. The van der Waals surface area contributed by atoms with E-state index < -0.39 is 11.2 Å². The van der Waals surface area contributed by atoms with Crippen LogP contribution in [0.2, 0.25) is 5.02 Å². The summed E-state index contributed by atoms with van der Waals surface area (Å²) in [4.78, 5) is 29.8. The molecule has 1 aromatic carbocycles. The predicted octanol–water partition coefficient (Wildman–Crippen LogP) is 2.41. The van der Waals surface area contributed by atoms with E-state index in [1.807, 2.05) is 32.0 Å². The summed E-state index contributed by atoms with van der Waals surface area (Å²) in [6.07, 6.45) is 1.71. The number of pyridine rings is 1. The summed E-state index contributed by atoms with van der Waals surface area (Å²) in [7, 11) is 0. The van der Waals surface area contributed by atoms with Gasteiger partial charge in [0, 0.05) is 16.1 Å². The lowest BCUT2D eigenvalue weighted by Gasteiger charge is -2.09. The molecule has 22 heavy (non-hydrogen) atoms. The van der Waals surface area contributed by atoms with Crippen molar-refractivity contribution in [2.75, 3.05) is 0 Å². The van der Waals surface area contributed by atoms with Gasteiger partial charge in [-0.15, -0.1) is 0 Å². The zero-order valence-electron chi connectivity index (χ0n) is 12.2. The Morgan fingerprint density at radius 3 is 2.55 bits per heavy atom. The molecule has 6 heteroatoms. The molecule has 3 rings (SSSR count). The highest BCUT2D eigenvalue weighted by Gasteiger charge is 2.21. The van der Waals surface area contributed by atoms with Crippen LogP contribution in [0.4, 0.5) is 0 Å². The third kappa shape index (κ3) is 2.23. The third-order valence-electron chi connectivity index (χ3n) is 3.56. The summed E-state index contributed by atoms with van der Waals surface area (Å²) >= 11 is 6.25. The van der Waals surface area contributed by atoms with Crippen molar-refractivity contribution in [1.29, 1.82) is 0 Å². The molecule has 5 nitrogen and oxygen atoms in total. The Kier molecular flexibility index (Phi) is 3.58. The number of fused-ring (bicyclic) bond motifs is 1. The molecule has 0 fully saturated rings. The number of hydrogen-bond acceptors (Lipinski definition) is 2. The largest absolute Gasteiger partial charge is 0.416 e. The molecule has 0 aliphatic heterocycles. The fourth-order valence-corrected chi connectivity index (χ4v) is 2.86. The molecule has 0 radical (unpaired) electrons. The number of aromatic nitrogens is 3. The lowest BCUT2D eigenvalue weighted by atomic mass is 10.0. The minimum absolute atomic E-state index is 0.0930. The molecule has 0 unspecified atom stereocenters. The fraction of sp³-hybridized carbons (Fsp3) is 0.188. The van der Waals surface area contributed by atoms with Crippen LogP contribution >= 0.6 is 11.6 Å². The van der Waals surface area contributed by atoms with Gasteiger partial charge in [0.25, 0.3) is 11.2 Å². The van der Waals surface area contributed by atoms with Crippen LogP contribution in [-0.4, -0.2) is 9.55 Å². The topological polar surface area (TPSA) is 69.0 Å². The lowest BCUT2D eigenvalue weighted by molar-refractivity contribution is -0.350. The summed E-state index contributed by atoms with van der Waals surface area (Å²) in [5.74, 6) is 0. The molecule has 0 aliphatic carbocycles. The van der Waals surface area contributed by atoms with Crippen LogP contribution in [0.3, 0.4) is 0 Å². The number of rotatable bonds is 2. The Morgan fingerprint density at radius 1 is 1.14 bits per heavy atom. The van der Waals surface area contributed by atoms with Crippen molar-refractivity contribution in [1.82, 2.24) is 9.55 Å². The highest BCUT2D eigenvalue weighted by Crippen LogP contribution is 2.30. The number of benzene rings is 1. The molecule has 2 heterocycles. The number of halogens is 1. The van der Waals surface area contributed by atoms with Crippen LogP contribution in [-0.2, 0) is 0 Å². The van der Waals surface area contributed by atoms with Crippen LogP contribution < -0.4 is 16.2 Å². The quantitative estimate of drug-likeness (QED) is 0.788. The number of H-pyrrole nitrogens is 2. The van der Waals surface area contributed by atoms with E-state index in [0.29, 0.717) is 21.6 Å². The first-order valence-corrected chi connectivity index (χ1v) is 7.32. The third-order valence-corrected chi connectivity index (χ3v) is 3.89. The first-order chi connectivity index (χ1) is 10.5. The van der Waals surface area contributed by atoms with Gasteiger partial charge in [-0.05, 0) is 26.0 Å². The Morgan fingerprint density at radius 2 is 1.86 bits per heavy atom. The maximum Gasteiger partial charge on any atom is 0.416 e. The summed E-state index contributed by atoms with van der Waals surface area (Å²) in [5, 5.41) is 0.973. The first-order valence-electron chi connectivity index (χ1n) is 6.95. The van der Waals surface area contributed by atoms with Gasteiger partial charge in [-0.3, -0.25) is 9.78 Å². The molecule has 0 saturated carbocycles. The van der Waals surface area contributed by atoms with Gasteiger partial charge in [0.1, 0.15) is 11.4 Å². The molecule has 0 aliphatic rings. The van der Waals surface area contributed by atoms with Crippen LogP contribution in [0.1, 0.15) is 19.9 Å². The second-order valence-corrected chi connectivity index (χ2v) is 5.73. The van der Waals surface area contributed by atoms with E-state index in [4.69, 9.17) is 11.6 Å². The van der Waals surface area contributed by atoms with Crippen LogP contribution in [0, 0.1) is 0 Å². The molecule has 112 valence electrons. The predicted molar refractivity (Wildman–Crippen MR) is 86.2 cm³/mol. The molecule has 0 amide bonds. The standard InChI is InChI=1S/C16H14ClN3O2/c1-9(2)20-14-13(15(21)19-16(20)22)11(7-8-18-14)10-5-3-4-6-12(10)17/h3-9H,1-2H3,(H,19,21,22)/p+1. The maximum absolute atomic E-state index is 12.3. The molecule has 2 aromatic heterocycles. The molecule has 0 atom stereocenters. The van der Waals surface area contributed by atoms with Crippen molar-refractivity contribution in [3.05, 3.63) is 62.4 Å². The smallest absolute Gasteiger partial charge is 0.268 e. The average Bonchev–Trinajstić information content (AvgIpc) is 2.46. The molecule has 3 aromatic rings. The highest BCUT2D eigenvalue weighted by molar-refractivity contribution is 6.33. The van der Waals surface area contributed by atoms with Crippen molar-refractivity contribution in [2.45, 2.75) is 19.9 Å². The van der Waals surface area contributed by atoms with Gasteiger partial charge < -0.3 is 0 Å². The van der Waals surface area contributed by atoms with Crippen LogP contribution in [0.5, 0.6) is 0 Å². The number of hydrogen-bond donors (Lipinski definition) is 1. The highest BCUT2D eigenvalue weighted by atomic mass is 35.5. The van der Waals surface area contributed by atoms with Gasteiger partial charge >= 0.3 is 5.69 Å².